The highest BCUT2D eigenvalue weighted by atomic mass is 16.3. The molecule has 0 aromatic carbocycles. The van der Waals surface area contributed by atoms with Crippen molar-refractivity contribution in [3.8, 4) is 0 Å². The minimum absolute atomic E-state index is 0.327. The van der Waals surface area contributed by atoms with Gasteiger partial charge >= 0.3 is 0 Å². The maximum Gasteiger partial charge on any atom is 0.0791 e. The molecule has 0 fully saturated rings. The number of rotatable bonds is 1. The van der Waals surface area contributed by atoms with Gasteiger partial charge in [-0.3, -0.25) is 4.99 Å². The number of hydrogen-bond acceptors (Lipinski definition) is 3. The standard InChI is InChI=1S/C5H8N2O/c6-2-4-1-5(8)3-7-4/h2,5-6,8H,1,3H2. The Labute approximate surface area is 47.6 Å². The molecule has 1 rings (SSSR count). The Kier molecular flexibility index (Phi) is 1.39. The summed E-state index contributed by atoms with van der Waals surface area (Å²) in [7, 11) is 0. The SMILES string of the molecule is N=CC1=NCC(O)C1. The highest BCUT2D eigenvalue weighted by Crippen LogP contribution is 2.02. The summed E-state index contributed by atoms with van der Waals surface area (Å²) in [6.07, 6.45) is 1.42. The van der Waals surface area contributed by atoms with Gasteiger partial charge in [-0.2, -0.15) is 0 Å². The predicted molar refractivity (Wildman–Crippen MR) is 31.7 cm³/mol. The molecule has 1 aliphatic rings. The molecule has 1 atom stereocenters. The number of aliphatic hydroxyl groups excluding tert-OH is 1. The molecule has 1 unspecified atom stereocenters. The summed E-state index contributed by atoms with van der Waals surface area (Å²) in [5.74, 6) is 0. The Morgan fingerprint density at radius 2 is 2.62 bits per heavy atom. The molecule has 0 bridgehead atoms. The highest BCUT2D eigenvalue weighted by molar-refractivity contribution is 6.30. The monoisotopic (exact) mass is 112 g/mol. The van der Waals surface area contributed by atoms with E-state index in [2.05, 4.69) is 4.99 Å². The van der Waals surface area contributed by atoms with Crippen LogP contribution < -0.4 is 0 Å². The molecule has 0 aromatic rings. The Morgan fingerprint density at radius 1 is 1.88 bits per heavy atom. The van der Waals surface area contributed by atoms with Gasteiger partial charge in [0.05, 0.1) is 18.4 Å². The molecule has 2 N–H and O–H groups in total. The quantitative estimate of drug-likeness (QED) is 0.455. The smallest absolute Gasteiger partial charge is 0.0791 e. The average Bonchev–Trinajstić information content (AvgIpc) is 2.14. The van der Waals surface area contributed by atoms with Crippen LogP contribution in [0.2, 0.25) is 0 Å². The number of nitrogens with zero attached hydrogens (tertiary/aromatic N) is 1. The van der Waals surface area contributed by atoms with Crippen molar-refractivity contribution in [1.82, 2.24) is 0 Å². The molecule has 0 saturated heterocycles. The first kappa shape index (κ1) is 5.44. The van der Waals surface area contributed by atoms with E-state index in [4.69, 9.17) is 10.5 Å². The van der Waals surface area contributed by atoms with Crippen LogP contribution in [0.15, 0.2) is 4.99 Å². The van der Waals surface area contributed by atoms with E-state index in [-0.39, 0.29) is 6.10 Å². The molecule has 1 aliphatic heterocycles. The van der Waals surface area contributed by atoms with Gasteiger partial charge in [-0.25, -0.2) is 0 Å². The van der Waals surface area contributed by atoms with Crippen LogP contribution in [0.3, 0.4) is 0 Å². The zero-order valence-corrected chi connectivity index (χ0v) is 4.46. The summed E-state index contributed by atoms with van der Waals surface area (Å²) < 4.78 is 0. The fourth-order valence-electron chi connectivity index (χ4n) is 0.698. The van der Waals surface area contributed by atoms with Crippen molar-refractivity contribution in [3.63, 3.8) is 0 Å². The van der Waals surface area contributed by atoms with Crippen LogP contribution in [0.4, 0.5) is 0 Å². The predicted octanol–water partition coefficient (Wildman–Crippen LogP) is -0.158. The van der Waals surface area contributed by atoms with E-state index in [1.54, 1.807) is 0 Å². The molecule has 3 heteroatoms. The lowest BCUT2D eigenvalue weighted by atomic mass is 10.2. The van der Waals surface area contributed by atoms with Crippen molar-refractivity contribution in [2.75, 3.05) is 6.54 Å². The molecule has 0 aliphatic carbocycles. The van der Waals surface area contributed by atoms with Gasteiger partial charge < -0.3 is 10.5 Å². The van der Waals surface area contributed by atoms with E-state index in [0.717, 1.165) is 0 Å². The fourth-order valence-corrected chi connectivity index (χ4v) is 0.698. The first-order valence-electron chi connectivity index (χ1n) is 2.55. The maximum absolute atomic E-state index is 8.81. The van der Waals surface area contributed by atoms with E-state index in [9.17, 15) is 0 Å². The van der Waals surface area contributed by atoms with Gasteiger partial charge in [-0.05, 0) is 0 Å². The minimum atomic E-state index is -0.327. The van der Waals surface area contributed by atoms with Crippen molar-refractivity contribution in [2.24, 2.45) is 4.99 Å². The third kappa shape index (κ3) is 0.924. The minimum Gasteiger partial charge on any atom is -0.391 e. The molecule has 3 nitrogen and oxygen atoms in total. The molecular weight excluding hydrogens is 104 g/mol. The molecule has 44 valence electrons. The van der Waals surface area contributed by atoms with Gasteiger partial charge in [0.1, 0.15) is 0 Å². The summed E-state index contributed by atoms with van der Waals surface area (Å²) in [4.78, 5) is 3.86. The van der Waals surface area contributed by atoms with Gasteiger partial charge in [0.15, 0.2) is 0 Å². The van der Waals surface area contributed by atoms with E-state index in [1.165, 1.54) is 6.21 Å². The van der Waals surface area contributed by atoms with Crippen molar-refractivity contribution in [2.45, 2.75) is 12.5 Å². The molecule has 8 heavy (non-hydrogen) atoms. The van der Waals surface area contributed by atoms with Crippen molar-refractivity contribution in [1.29, 1.82) is 5.41 Å². The summed E-state index contributed by atoms with van der Waals surface area (Å²) in [6.45, 7) is 0.477. The van der Waals surface area contributed by atoms with E-state index in [1.807, 2.05) is 0 Å². The molecule has 0 radical (unpaired) electrons. The molecule has 0 amide bonds. The number of aliphatic hydroxyl groups is 1. The second-order valence-corrected chi connectivity index (χ2v) is 1.83. The molecule has 1 heterocycles. The van der Waals surface area contributed by atoms with E-state index in [0.29, 0.717) is 18.7 Å². The van der Waals surface area contributed by atoms with Crippen molar-refractivity contribution < 1.29 is 5.11 Å². The fraction of sp³-hybridized carbons (Fsp3) is 0.600. The van der Waals surface area contributed by atoms with Gasteiger partial charge in [0.2, 0.25) is 0 Å². The molecule has 0 saturated carbocycles. The van der Waals surface area contributed by atoms with Crippen LogP contribution in [0.25, 0.3) is 0 Å². The van der Waals surface area contributed by atoms with Crippen LogP contribution in [0.5, 0.6) is 0 Å². The Hall–Kier alpha value is -0.700. The molecular formula is C5H8N2O. The van der Waals surface area contributed by atoms with Crippen LogP contribution in [0.1, 0.15) is 6.42 Å². The topological polar surface area (TPSA) is 56.4 Å². The third-order valence-corrected chi connectivity index (χ3v) is 1.12. The van der Waals surface area contributed by atoms with Gasteiger partial charge in [0, 0.05) is 12.6 Å². The lowest BCUT2D eigenvalue weighted by molar-refractivity contribution is 0.200. The Balaban J connectivity index is 2.49. The van der Waals surface area contributed by atoms with Crippen LogP contribution in [-0.4, -0.2) is 29.7 Å². The van der Waals surface area contributed by atoms with Crippen LogP contribution in [0, 0.1) is 5.41 Å². The summed E-state index contributed by atoms with van der Waals surface area (Å²) in [5, 5.41) is 15.5. The summed E-state index contributed by atoms with van der Waals surface area (Å²) in [6, 6.07) is 0. The first-order valence-corrected chi connectivity index (χ1v) is 2.55. The number of aliphatic imine (C=N–C) groups is 1. The second kappa shape index (κ2) is 2.05. The van der Waals surface area contributed by atoms with Crippen LogP contribution >= 0.6 is 0 Å². The zero-order chi connectivity index (χ0) is 5.98. The van der Waals surface area contributed by atoms with Gasteiger partial charge in [0.25, 0.3) is 0 Å². The second-order valence-electron chi connectivity index (χ2n) is 1.83. The van der Waals surface area contributed by atoms with Crippen molar-refractivity contribution >= 4 is 11.9 Å². The molecule has 0 aromatic heterocycles. The third-order valence-electron chi connectivity index (χ3n) is 1.12. The van der Waals surface area contributed by atoms with Gasteiger partial charge in [-0.15, -0.1) is 0 Å². The Bertz CT molecular complexity index is 130. The number of nitrogens with one attached hydrogen (secondary N) is 1. The zero-order valence-electron chi connectivity index (χ0n) is 4.46. The van der Waals surface area contributed by atoms with Crippen LogP contribution in [-0.2, 0) is 0 Å². The largest absolute Gasteiger partial charge is 0.391 e. The highest BCUT2D eigenvalue weighted by Gasteiger charge is 2.12. The first-order chi connectivity index (χ1) is 3.83. The summed E-state index contributed by atoms with van der Waals surface area (Å²) in [5.41, 5.74) is 0.706. The Morgan fingerprint density at radius 3 is 2.88 bits per heavy atom. The van der Waals surface area contributed by atoms with E-state index < -0.39 is 0 Å². The number of hydrogen-bond donors (Lipinski definition) is 2. The lowest BCUT2D eigenvalue weighted by Crippen LogP contribution is -2.06. The normalized spacial score (nSPS) is 27.6. The molecule has 0 spiro atoms. The maximum atomic E-state index is 8.81. The van der Waals surface area contributed by atoms with E-state index >= 15 is 0 Å². The summed E-state index contributed by atoms with van der Waals surface area (Å²) >= 11 is 0. The van der Waals surface area contributed by atoms with Gasteiger partial charge in [-0.1, -0.05) is 0 Å². The average molecular weight is 112 g/mol. The van der Waals surface area contributed by atoms with Crippen molar-refractivity contribution in [3.05, 3.63) is 0 Å². The lowest BCUT2D eigenvalue weighted by Gasteiger charge is -1.92.